The molecule has 13 heteroatoms. The molecule has 0 aliphatic carbocycles. The number of amides is 4. The summed E-state index contributed by atoms with van der Waals surface area (Å²) in [4.78, 5) is 46.2. The van der Waals surface area contributed by atoms with Crippen molar-refractivity contribution in [3.8, 4) is 0 Å². The normalized spacial score (nSPS) is 12.5. The smallest absolute Gasteiger partial charge is 0.326 e. The maximum Gasteiger partial charge on any atom is 0.326 e. The zero-order valence-corrected chi connectivity index (χ0v) is 17.8. The molecule has 0 fully saturated rings. The van der Waals surface area contributed by atoms with Gasteiger partial charge in [-0.05, 0) is 49.9 Å². The summed E-state index contributed by atoms with van der Waals surface area (Å²) < 4.78 is 0. The van der Waals surface area contributed by atoms with Crippen molar-refractivity contribution in [2.45, 2.75) is 50.5 Å². The van der Waals surface area contributed by atoms with Crippen molar-refractivity contribution >= 4 is 41.3 Å². The third-order valence-corrected chi connectivity index (χ3v) is 4.48. The van der Waals surface area contributed by atoms with Crippen molar-refractivity contribution in [2.24, 2.45) is 0 Å². The van der Waals surface area contributed by atoms with E-state index >= 15 is 0 Å². The first kappa shape index (κ1) is 26.9. The van der Waals surface area contributed by atoms with Crippen LogP contribution in [0.25, 0.3) is 0 Å². The molecule has 0 bridgehead atoms. The average Bonchev–Trinajstić information content (AvgIpc) is 2.71. The number of anilines is 1. The highest BCUT2D eigenvalue weighted by Crippen LogP contribution is 2.13. The molecule has 178 valence electrons. The Hall–Kier alpha value is -3.09. The lowest BCUT2D eigenvalue weighted by Crippen LogP contribution is -2.51. The molecular formula is C19H27ClN4O8. The Morgan fingerprint density at radius 1 is 0.812 bits per heavy atom. The number of aliphatic hydroxyl groups excluding tert-OH is 1. The van der Waals surface area contributed by atoms with Crippen molar-refractivity contribution in [3.63, 3.8) is 0 Å². The van der Waals surface area contributed by atoms with Gasteiger partial charge >= 0.3 is 24.0 Å². The van der Waals surface area contributed by atoms with Crippen LogP contribution in [0.15, 0.2) is 24.3 Å². The summed E-state index contributed by atoms with van der Waals surface area (Å²) in [6.07, 6.45) is -1.41. The van der Waals surface area contributed by atoms with Gasteiger partial charge in [-0.2, -0.15) is 0 Å². The fourth-order valence-corrected chi connectivity index (χ4v) is 2.70. The number of carbonyl (C=O) groups excluding carboxylic acids is 2. The molecule has 1 rings (SSSR count). The van der Waals surface area contributed by atoms with Crippen LogP contribution in [-0.4, -0.2) is 69.3 Å². The highest BCUT2D eigenvalue weighted by atomic mass is 35.5. The molecule has 0 unspecified atom stereocenters. The molecule has 0 spiro atoms. The van der Waals surface area contributed by atoms with Crippen LogP contribution in [0, 0.1) is 0 Å². The molecule has 8 N–H and O–H groups in total. The number of rotatable bonds is 13. The molecule has 0 saturated carbocycles. The summed E-state index contributed by atoms with van der Waals surface area (Å²) in [5.74, 6) is -2.69. The maximum absolute atomic E-state index is 11.9. The summed E-state index contributed by atoms with van der Waals surface area (Å²) in [5.41, 5.74) is 0.557. The second-order valence-corrected chi connectivity index (χ2v) is 7.28. The van der Waals surface area contributed by atoms with Crippen LogP contribution < -0.4 is 21.3 Å². The van der Waals surface area contributed by atoms with Crippen LogP contribution in [0.2, 0.25) is 5.02 Å². The SMILES string of the molecule is O=C(NCCCC[C@H](NC(=O)N[C@@H](CCC(O)O)C(=O)O)C(=O)O)Nc1ccc(Cl)cc1. The fourth-order valence-electron chi connectivity index (χ4n) is 2.57. The van der Waals surface area contributed by atoms with E-state index in [1.165, 1.54) is 0 Å². The van der Waals surface area contributed by atoms with E-state index in [9.17, 15) is 24.3 Å². The van der Waals surface area contributed by atoms with Crippen LogP contribution in [0.4, 0.5) is 15.3 Å². The van der Waals surface area contributed by atoms with Gasteiger partial charge in [-0.25, -0.2) is 19.2 Å². The van der Waals surface area contributed by atoms with E-state index in [1.54, 1.807) is 24.3 Å². The number of halogens is 1. The monoisotopic (exact) mass is 474 g/mol. The van der Waals surface area contributed by atoms with E-state index in [4.69, 9.17) is 26.9 Å². The third kappa shape index (κ3) is 11.3. The molecule has 4 amide bonds. The Kier molecular flexibility index (Phi) is 11.8. The zero-order valence-electron chi connectivity index (χ0n) is 17.1. The van der Waals surface area contributed by atoms with E-state index in [0.29, 0.717) is 23.6 Å². The van der Waals surface area contributed by atoms with Gasteiger partial charge in [-0.1, -0.05) is 11.6 Å². The molecule has 32 heavy (non-hydrogen) atoms. The Labute approximate surface area is 189 Å². The number of carbonyl (C=O) groups is 4. The number of aliphatic carboxylic acids is 2. The standard InChI is InChI=1S/C19H27ClN4O8/c20-11-4-6-12(7-5-11)22-18(31)21-10-2-1-3-13(16(27)28)23-19(32)24-14(17(29)30)8-9-15(25)26/h4-7,13-15,25-26H,1-3,8-10H2,(H,27,28)(H,29,30)(H2,21,22,31)(H2,23,24,32)/t13-,14-/m0/s1. The van der Waals surface area contributed by atoms with Crippen LogP contribution in [0.1, 0.15) is 32.1 Å². The lowest BCUT2D eigenvalue weighted by atomic mass is 10.1. The van der Waals surface area contributed by atoms with Gasteiger partial charge in [0.05, 0.1) is 0 Å². The number of hydrogen-bond donors (Lipinski definition) is 8. The fraction of sp³-hybridized carbons (Fsp3) is 0.474. The van der Waals surface area contributed by atoms with Gasteiger partial charge in [0.1, 0.15) is 12.1 Å². The van der Waals surface area contributed by atoms with Crippen molar-refractivity contribution in [2.75, 3.05) is 11.9 Å². The molecule has 1 aromatic carbocycles. The number of carboxylic acid groups (broad SMARTS) is 2. The van der Waals surface area contributed by atoms with Gasteiger partial charge in [-0.15, -0.1) is 0 Å². The summed E-state index contributed by atoms with van der Waals surface area (Å²) in [6, 6.07) is 2.41. The third-order valence-electron chi connectivity index (χ3n) is 4.23. The Morgan fingerprint density at radius 2 is 1.38 bits per heavy atom. The van der Waals surface area contributed by atoms with Crippen LogP contribution >= 0.6 is 11.6 Å². The molecule has 0 heterocycles. The van der Waals surface area contributed by atoms with E-state index in [0.717, 1.165) is 0 Å². The van der Waals surface area contributed by atoms with Gasteiger partial charge in [0, 0.05) is 23.7 Å². The number of aliphatic hydroxyl groups is 2. The van der Waals surface area contributed by atoms with Crippen molar-refractivity contribution in [1.82, 2.24) is 16.0 Å². The minimum Gasteiger partial charge on any atom is -0.480 e. The summed E-state index contributed by atoms with van der Waals surface area (Å²) in [7, 11) is 0. The largest absolute Gasteiger partial charge is 0.480 e. The van der Waals surface area contributed by atoms with E-state index in [-0.39, 0.29) is 25.8 Å². The van der Waals surface area contributed by atoms with Gasteiger partial charge in [-0.3, -0.25) is 0 Å². The quantitative estimate of drug-likeness (QED) is 0.152. The number of unbranched alkanes of at least 4 members (excludes halogenated alkanes) is 1. The van der Waals surface area contributed by atoms with E-state index < -0.39 is 42.4 Å². The van der Waals surface area contributed by atoms with Gasteiger partial charge in [0.15, 0.2) is 6.29 Å². The lowest BCUT2D eigenvalue weighted by Gasteiger charge is -2.19. The van der Waals surface area contributed by atoms with Crippen LogP contribution in [0.5, 0.6) is 0 Å². The van der Waals surface area contributed by atoms with Gasteiger partial charge < -0.3 is 41.7 Å². The molecule has 12 nitrogen and oxygen atoms in total. The van der Waals surface area contributed by atoms with Gasteiger partial charge in [0.25, 0.3) is 0 Å². The highest BCUT2D eigenvalue weighted by Gasteiger charge is 2.24. The van der Waals surface area contributed by atoms with Crippen LogP contribution in [-0.2, 0) is 9.59 Å². The molecule has 0 radical (unpaired) electrons. The minimum absolute atomic E-state index is 0.0519. The van der Waals surface area contributed by atoms with Crippen LogP contribution in [0.3, 0.4) is 0 Å². The van der Waals surface area contributed by atoms with Crippen molar-refractivity contribution in [1.29, 1.82) is 0 Å². The Morgan fingerprint density at radius 3 is 1.91 bits per heavy atom. The topological polar surface area (TPSA) is 197 Å². The first-order valence-corrected chi connectivity index (χ1v) is 10.2. The predicted molar refractivity (Wildman–Crippen MR) is 114 cm³/mol. The van der Waals surface area contributed by atoms with Crippen molar-refractivity contribution in [3.05, 3.63) is 29.3 Å². The summed E-state index contributed by atoms with van der Waals surface area (Å²) >= 11 is 5.77. The average molecular weight is 475 g/mol. The Balaban J connectivity index is 2.35. The number of carboxylic acids is 2. The molecule has 0 aliphatic heterocycles. The Bertz CT molecular complexity index is 775. The predicted octanol–water partition coefficient (Wildman–Crippen LogP) is 0.928. The van der Waals surface area contributed by atoms with Gasteiger partial charge in [0.2, 0.25) is 0 Å². The first-order chi connectivity index (χ1) is 15.1. The second-order valence-electron chi connectivity index (χ2n) is 6.84. The second kappa shape index (κ2) is 14.1. The molecule has 0 saturated heterocycles. The molecule has 0 aromatic heterocycles. The van der Waals surface area contributed by atoms with E-state index in [2.05, 4.69) is 21.3 Å². The molecule has 0 aliphatic rings. The first-order valence-electron chi connectivity index (χ1n) is 9.77. The highest BCUT2D eigenvalue weighted by molar-refractivity contribution is 6.30. The number of hydrogen-bond acceptors (Lipinski definition) is 6. The molecular weight excluding hydrogens is 448 g/mol. The number of urea groups is 2. The lowest BCUT2D eigenvalue weighted by molar-refractivity contribution is -0.140. The molecule has 1 aromatic rings. The van der Waals surface area contributed by atoms with E-state index in [1.807, 2.05) is 0 Å². The number of nitrogens with one attached hydrogen (secondary N) is 4. The maximum atomic E-state index is 11.9. The summed E-state index contributed by atoms with van der Waals surface area (Å²) in [5, 5.41) is 46.0. The molecule has 2 atom stereocenters. The minimum atomic E-state index is -1.73. The number of benzene rings is 1. The summed E-state index contributed by atoms with van der Waals surface area (Å²) in [6.45, 7) is 0.266. The zero-order chi connectivity index (χ0) is 24.1. The van der Waals surface area contributed by atoms with Crippen molar-refractivity contribution < 1.29 is 39.6 Å².